The highest BCUT2D eigenvalue weighted by atomic mass is 35.5. The second-order valence-corrected chi connectivity index (χ2v) is 3.87. The topological polar surface area (TPSA) is 46.9 Å². The normalized spacial score (nSPS) is 10.6. The quantitative estimate of drug-likeness (QED) is 0.885. The third-order valence-electron chi connectivity index (χ3n) is 2.46. The highest BCUT2D eigenvalue weighted by Crippen LogP contribution is 2.22. The van der Waals surface area contributed by atoms with Gasteiger partial charge in [-0.1, -0.05) is 17.7 Å². The number of carbonyl (C=O) groups excluding carboxylic acids is 1. The van der Waals surface area contributed by atoms with E-state index in [0.29, 0.717) is 18.0 Å². The molecule has 1 amide bonds. The molecule has 0 radical (unpaired) electrons. The molecule has 1 heterocycles. The molecule has 0 aliphatic heterocycles. The Morgan fingerprint density at radius 1 is 1.56 bits per heavy atom. The minimum Gasteiger partial charge on any atom is -0.359 e. The third-order valence-corrected chi connectivity index (χ3v) is 2.79. The number of fused-ring (bicyclic) bond motifs is 1. The summed E-state index contributed by atoms with van der Waals surface area (Å²) in [5.74, 6) is 0.00526. The molecular weight excluding hydrogens is 226 g/mol. The maximum atomic E-state index is 11.1. The van der Waals surface area contributed by atoms with Gasteiger partial charge in [-0.15, -0.1) is 0 Å². The average molecular weight is 238 g/mol. The van der Waals surface area contributed by atoms with Gasteiger partial charge in [0.05, 0.1) is 23.3 Å². The van der Waals surface area contributed by atoms with Crippen LogP contribution < -0.4 is 5.32 Å². The van der Waals surface area contributed by atoms with E-state index in [0.717, 1.165) is 10.9 Å². The second kappa shape index (κ2) is 4.53. The first-order valence-corrected chi connectivity index (χ1v) is 5.41. The number of rotatable bonds is 3. The number of aryl methyl sites for hydroxylation is 1. The van der Waals surface area contributed by atoms with Gasteiger partial charge in [-0.2, -0.15) is 5.10 Å². The lowest BCUT2D eigenvalue weighted by molar-refractivity contribution is -0.120. The van der Waals surface area contributed by atoms with Crippen molar-refractivity contribution in [2.45, 2.75) is 13.0 Å². The zero-order chi connectivity index (χ0) is 11.5. The molecule has 1 aromatic heterocycles. The van der Waals surface area contributed by atoms with Gasteiger partial charge in [-0.05, 0) is 12.1 Å². The van der Waals surface area contributed by atoms with Crippen molar-refractivity contribution in [2.75, 3.05) is 7.05 Å². The molecule has 16 heavy (non-hydrogen) atoms. The maximum absolute atomic E-state index is 11.1. The molecule has 0 atom stereocenters. The molecule has 84 valence electrons. The van der Waals surface area contributed by atoms with E-state index in [9.17, 15) is 4.79 Å². The Balaban J connectivity index is 2.25. The fourth-order valence-electron chi connectivity index (χ4n) is 1.58. The van der Waals surface area contributed by atoms with E-state index in [1.807, 2.05) is 18.2 Å². The highest BCUT2D eigenvalue weighted by Gasteiger charge is 2.06. The Morgan fingerprint density at radius 3 is 3.12 bits per heavy atom. The van der Waals surface area contributed by atoms with Crippen LogP contribution in [0, 0.1) is 0 Å². The summed E-state index contributed by atoms with van der Waals surface area (Å²) in [6.45, 7) is 0.559. The van der Waals surface area contributed by atoms with Gasteiger partial charge in [0, 0.05) is 18.9 Å². The standard InChI is InChI=1S/C11H12ClN3O/c1-13-11(16)5-6-15-10-4-2-3-9(12)8(10)7-14-15/h2-4,7H,5-6H2,1H3,(H,13,16). The van der Waals surface area contributed by atoms with Crippen LogP contribution in [0.25, 0.3) is 10.9 Å². The van der Waals surface area contributed by atoms with Crippen molar-refractivity contribution in [3.63, 3.8) is 0 Å². The van der Waals surface area contributed by atoms with Crippen molar-refractivity contribution in [1.29, 1.82) is 0 Å². The Morgan fingerprint density at radius 2 is 2.38 bits per heavy atom. The molecule has 0 fully saturated rings. The molecule has 2 rings (SSSR count). The summed E-state index contributed by atoms with van der Waals surface area (Å²) in [5.41, 5.74) is 0.955. The molecule has 0 aliphatic rings. The second-order valence-electron chi connectivity index (χ2n) is 3.46. The van der Waals surface area contributed by atoms with Crippen LogP contribution in [0.1, 0.15) is 6.42 Å². The number of hydrogen-bond donors (Lipinski definition) is 1. The van der Waals surface area contributed by atoms with E-state index >= 15 is 0 Å². The molecule has 0 unspecified atom stereocenters. The van der Waals surface area contributed by atoms with Gasteiger partial charge >= 0.3 is 0 Å². The number of amides is 1. The van der Waals surface area contributed by atoms with E-state index < -0.39 is 0 Å². The van der Waals surface area contributed by atoms with Crippen molar-refractivity contribution in [3.05, 3.63) is 29.4 Å². The fraction of sp³-hybridized carbons (Fsp3) is 0.273. The van der Waals surface area contributed by atoms with Crippen LogP contribution in [0.5, 0.6) is 0 Å². The lowest BCUT2D eigenvalue weighted by Gasteiger charge is -2.02. The van der Waals surface area contributed by atoms with Crippen molar-refractivity contribution in [1.82, 2.24) is 15.1 Å². The first kappa shape index (κ1) is 11.0. The van der Waals surface area contributed by atoms with Crippen molar-refractivity contribution < 1.29 is 4.79 Å². The number of benzene rings is 1. The Bertz CT molecular complexity index is 521. The van der Waals surface area contributed by atoms with Crippen molar-refractivity contribution in [2.24, 2.45) is 0 Å². The van der Waals surface area contributed by atoms with Crippen LogP contribution >= 0.6 is 11.6 Å². The maximum Gasteiger partial charge on any atom is 0.221 e. The summed E-state index contributed by atoms with van der Waals surface area (Å²) in [6, 6.07) is 5.65. The third kappa shape index (κ3) is 2.02. The number of carbonyl (C=O) groups is 1. The molecule has 0 saturated carbocycles. The first-order valence-electron chi connectivity index (χ1n) is 5.03. The van der Waals surface area contributed by atoms with Gasteiger partial charge in [0.25, 0.3) is 0 Å². The lowest BCUT2D eigenvalue weighted by Crippen LogP contribution is -2.19. The van der Waals surface area contributed by atoms with Crippen molar-refractivity contribution >= 4 is 28.4 Å². The summed E-state index contributed by atoms with van der Waals surface area (Å²) in [4.78, 5) is 11.1. The van der Waals surface area contributed by atoms with Crippen LogP contribution in [0.3, 0.4) is 0 Å². The monoisotopic (exact) mass is 237 g/mol. The van der Waals surface area contributed by atoms with Crippen LogP contribution in [0.15, 0.2) is 24.4 Å². The summed E-state index contributed by atoms with van der Waals surface area (Å²) in [7, 11) is 1.63. The van der Waals surface area contributed by atoms with Crippen LogP contribution in [-0.4, -0.2) is 22.7 Å². The molecular formula is C11H12ClN3O. The summed E-state index contributed by atoms with van der Waals surface area (Å²) in [6.07, 6.45) is 2.14. The van der Waals surface area contributed by atoms with Gasteiger partial charge in [0.1, 0.15) is 0 Å². The molecule has 0 saturated heterocycles. The largest absolute Gasteiger partial charge is 0.359 e. The minimum atomic E-state index is 0.00526. The molecule has 0 aliphatic carbocycles. The number of halogens is 1. The molecule has 0 bridgehead atoms. The van der Waals surface area contributed by atoms with Gasteiger partial charge < -0.3 is 5.32 Å². The first-order chi connectivity index (χ1) is 7.72. The minimum absolute atomic E-state index is 0.00526. The van der Waals surface area contributed by atoms with E-state index in [4.69, 9.17) is 11.6 Å². The summed E-state index contributed by atoms with van der Waals surface area (Å²) < 4.78 is 1.79. The summed E-state index contributed by atoms with van der Waals surface area (Å²) in [5, 5.41) is 8.40. The number of nitrogens with one attached hydrogen (secondary N) is 1. The van der Waals surface area contributed by atoms with Gasteiger partial charge in [-0.3, -0.25) is 9.48 Å². The predicted molar refractivity (Wildman–Crippen MR) is 63.4 cm³/mol. The van der Waals surface area contributed by atoms with E-state index in [2.05, 4.69) is 10.4 Å². The van der Waals surface area contributed by atoms with E-state index in [1.165, 1.54) is 0 Å². The van der Waals surface area contributed by atoms with E-state index in [-0.39, 0.29) is 5.91 Å². The molecule has 0 spiro atoms. The Hall–Kier alpha value is -1.55. The number of aromatic nitrogens is 2. The molecule has 2 aromatic rings. The molecule has 4 nitrogen and oxygen atoms in total. The molecule has 1 N–H and O–H groups in total. The van der Waals surface area contributed by atoms with Crippen LogP contribution in [-0.2, 0) is 11.3 Å². The SMILES string of the molecule is CNC(=O)CCn1ncc2c(Cl)cccc21. The highest BCUT2D eigenvalue weighted by molar-refractivity contribution is 6.35. The van der Waals surface area contributed by atoms with Gasteiger partial charge in [-0.25, -0.2) is 0 Å². The van der Waals surface area contributed by atoms with Crippen LogP contribution in [0.2, 0.25) is 5.02 Å². The predicted octanol–water partition coefficient (Wildman–Crippen LogP) is 1.83. The van der Waals surface area contributed by atoms with Gasteiger partial charge in [0.15, 0.2) is 0 Å². The summed E-state index contributed by atoms with van der Waals surface area (Å²) >= 11 is 6.03. The fourth-order valence-corrected chi connectivity index (χ4v) is 1.80. The Labute approximate surface area is 98.2 Å². The Kier molecular flexibility index (Phi) is 3.10. The molecule has 1 aromatic carbocycles. The average Bonchev–Trinajstić information content (AvgIpc) is 2.70. The van der Waals surface area contributed by atoms with Gasteiger partial charge in [0.2, 0.25) is 5.91 Å². The lowest BCUT2D eigenvalue weighted by atomic mass is 10.2. The number of hydrogen-bond acceptors (Lipinski definition) is 2. The smallest absolute Gasteiger partial charge is 0.221 e. The van der Waals surface area contributed by atoms with Crippen LogP contribution in [0.4, 0.5) is 0 Å². The van der Waals surface area contributed by atoms with Crippen molar-refractivity contribution in [3.8, 4) is 0 Å². The zero-order valence-corrected chi connectivity index (χ0v) is 9.66. The zero-order valence-electron chi connectivity index (χ0n) is 8.90. The number of nitrogens with zero attached hydrogens (tertiary/aromatic N) is 2. The van der Waals surface area contributed by atoms with E-state index in [1.54, 1.807) is 17.9 Å². The molecule has 5 heteroatoms.